The quantitative estimate of drug-likeness (QED) is 0.848. The highest BCUT2D eigenvalue weighted by Gasteiger charge is 2.17. The third-order valence-corrected chi connectivity index (χ3v) is 5.84. The summed E-state index contributed by atoms with van der Waals surface area (Å²) < 4.78 is 27.4. The molecule has 4 nitrogen and oxygen atoms in total. The van der Waals surface area contributed by atoms with Gasteiger partial charge in [-0.2, -0.15) is 0 Å². The van der Waals surface area contributed by atoms with E-state index in [0.29, 0.717) is 11.3 Å². The highest BCUT2D eigenvalue weighted by atomic mass is 32.2. The van der Waals surface area contributed by atoms with Gasteiger partial charge in [-0.05, 0) is 37.6 Å². The summed E-state index contributed by atoms with van der Waals surface area (Å²) in [6, 6.07) is 8.57. The molecule has 0 aliphatic rings. The van der Waals surface area contributed by atoms with Crippen LogP contribution in [0.4, 0.5) is 5.69 Å². The van der Waals surface area contributed by atoms with E-state index < -0.39 is 10.0 Å². The van der Waals surface area contributed by atoms with Crippen LogP contribution in [-0.2, 0) is 10.0 Å². The van der Waals surface area contributed by atoms with Gasteiger partial charge in [0.05, 0.1) is 5.69 Å². The standard InChI is InChI=1S/C13H14N2O2S3/c1-8-3-5-10(13(14)18)7-11(8)15-20(16,17)12-6-4-9(2)19-12/h3-7,15H,1-2H3,(H2,14,18). The Morgan fingerprint density at radius 3 is 2.50 bits per heavy atom. The van der Waals surface area contributed by atoms with Crippen LogP contribution in [0.5, 0.6) is 0 Å². The van der Waals surface area contributed by atoms with Gasteiger partial charge >= 0.3 is 0 Å². The Balaban J connectivity index is 2.39. The van der Waals surface area contributed by atoms with Gasteiger partial charge in [0, 0.05) is 10.4 Å². The number of anilines is 1. The van der Waals surface area contributed by atoms with Crippen LogP contribution in [0.1, 0.15) is 16.0 Å². The van der Waals surface area contributed by atoms with Crippen LogP contribution in [0.3, 0.4) is 0 Å². The Labute approximate surface area is 127 Å². The van der Waals surface area contributed by atoms with Crippen LogP contribution >= 0.6 is 23.6 Å². The minimum atomic E-state index is -3.57. The highest BCUT2D eigenvalue weighted by molar-refractivity contribution is 7.94. The summed E-state index contributed by atoms with van der Waals surface area (Å²) in [6.45, 7) is 3.68. The summed E-state index contributed by atoms with van der Waals surface area (Å²) in [7, 11) is -3.57. The number of sulfonamides is 1. The normalized spacial score (nSPS) is 11.3. The van der Waals surface area contributed by atoms with Gasteiger partial charge in [-0.25, -0.2) is 8.42 Å². The first-order valence-electron chi connectivity index (χ1n) is 5.79. The maximum absolute atomic E-state index is 12.3. The van der Waals surface area contributed by atoms with Crippen molar-refractivity contribution in [2.75, 3.05) is 4.72 Å². The van der Waals surface area contributed by atoms with Crippen LogP contribution in [-0.4, -0.2) is 13.4 Å². The van der Waals surface area contributed by atoms with Crippen molar-refractivity contribution in [2.45, 2.75) is 18.1 Å². The summed E-state index contributed by atoms with van der Waals surface area (Å²) in [5.41, 5.74) is 7.49. The molecular weight excluding hydrogens is 312 g/mol. The average molecular weight is 326 g/mol. The van der Waals surface area contributed by atoms with Gasteiger partial charge in [0.15, 0.2) is 0 Å². The molecule has 0 saturated heterocycles. The molecule has 0 atom stereocenters. The van der Waals surface area contributed by atoms with Crippen molar-refractivity contribution < 1.29 is 8.42 Å². The zero-order valence-corrected chi connectivity index (χ0v) is 13.5. The van der Waals surface area contributed by atoms with Crippen molar-refractivity contribution >= 4 is 44.3 Å². The Kier molecular flexibility index (Phi) is 4.12. The molecule has 1 aromatic carbocycles. The smallest absolute Gasteiger partial charge is 0.271 e. The molecular formula is C13H14N2O2S3. The zero-order valence-electron chi connectivity index (χ0n) is 11.0. The monoisotopic (exact) mass is 326 g/mol. The summed E-state index contributed by atoms with van der Waals surface area (Å²) in [6.07, 6.45) is 0. The molecule has 0 fully saturated rings. The Bertz CT molecular complexity index is 764. The first kappa shape index (κ1) is 15.0. The van der Waals surface area contributed by atoms with Gasteiger partial charge in [0.1, 0.15) is 9.20 Å². The maximum Gasteiger partial charge on any atom is 0.271 e. The Hall–Kier alpha value is -1.44. The first-order valence-corrected chi connectivity index (χ1v) is 8.50. The molecule has 0 unspecified atom stereocenters. The van der Waals surface area contributed by atoms with E-state index in [-0.39, 0.29) is 9.20 Å². The van der Waals surface area contributed by atoms with E-state index in [1.807, 2.05) is 13.8 Å². The van der Waals surface area contributed by atoms with E-state index in [4.69, 9.17) is 18.0 Å². The molecule has 1 aromatic heterocycles. The van der Waals surface area contributed by atoms with Gasteiger partial charge in [-0.3, -0.25) is 4.72 Å². The molecule has 2 aromatic rings. The molecule has 2 rings (SSSR count). The molecule has 106 valence electrons. The second-order valence-corrected chi connectivity index (χ2v) is 8.00. The third-order valence-electron chi connectivity index (χ3n) is 2.75. The minimum Gasteiger partial charge on any atom is -0.389 e. The van der Waals surface area contributed by atoms with E-state index in [2.05, 4.69) is 4.72 Å². The number of benzene rings is 1. The number of rotatable bonds is 4. The summed E-state index contributed by atoms with van der Waals surface area (Å²) >= 11 is 6.14. The number of thiocarbonyl (C=S) groups is 1. The second-order valence-electron chi connectivity index (χ2n) is 4.36. The molecule has 0 spiro atoms. The topological polar surface area (TPSA) is 72.2 Å². The fourth-order valence-corrected chi connectivity index (χ4v) is 4.17. The van der Waals surface area contributed by atoms with Gasteiger partial charge in [-0.15, -0.1) is 11.3 Å². The van der Waals surface area contributed by atoms with E-state index in [9.17, 15) is 8.42 Å². The number of hydrogen-bond donors (Lipinski definition) is 2. The lowest BCUT2D eigenvalue weighted by atomic mass is 10.1. The lowest BCUT2D eigenvalue weighted by Crippen LogP contribution is -2.14. The van der Waals surface area contributed by atoms with Crippen molar-refractivity contribution in [3.8, 4) is 0 Å². The van der Waals surface area contributed by atoms with Gasteiger partial charge in [0.25, 0.3) is 10.0 Å². The van der Waals surface area contributed by atoms with E-state index in [1.54, 1.807) is 30.3 Å². The number of thiophene rings is 1. The van der Waals surface area contributed by atoms with E-state index in [1.165, 1.54) is 11.3 Å². The first-order chi connectivity index (χ1) is 9.29. The molecule has 0 saturated carbocycles. The predicted molar refractivity (Wildman–Crippen MR) is 86.9 cm³/mol. The molecule has 3 N–H and O–H groups in total. The number of hydrogen-bond acceptors (Lipinski definition) is 4. The van der Waals surface area contributed by atoms with Crippen molar-refractivity contribution in [1.82, 2.24) is 0 Å². The van der Waals surface area contributed by atoms with Crippen molar-refractivity contribution in [2.24, 2.45) is 5.73 Å². The fraction of sp³-hybridized carbons (Fsp3) is 0.154. The lowest BCUT2D eigenvalue weighted by molar-refractivity contribution is 0.603. The molecule has 7 heteroatoms. The molecule has 20 heavy (non-hydrogen) atoms. The maximum atomic E-state index is 12.3. The molecule has 0 bridgehead atoms. The Morgan fingerprint density at radius 2 is 1.95 bits per heavy atom. The molecule has 0 radical (unpaired) electrons. The number of aryl methyl sites for hydroxylation is 2. The molecule has 0 amide bonds. The van der Waals surface area contributed by atoms with Crippen LogP contribution < -0.4 is 10.5 Å². The van der Waals surface area contributed by atoms with Crippen molar-refractivity contribution in [1.29, 1.82) is 0 Å². The second kappa shape index (κ2) is 5.51. The predicted octanol–water partition coefficient (Wildman–Crippen LogP) is 2.80. The van der Waals surface area contributed by atoms with Crippen molar-refractivity contribution in [3.63, 3.8) is 0 Å². The number of nitrogens with two attached hydrogens (primary N) is 1. The third kappa shape index (κ3) is 3.17. The fourth-order valence-electron chi connectivity index (χ4n) is 1.64. The molecule has 0 aliphatic heterocycles. The van der Waals surface area contributed by atoms with Crippen LogP contribution in [0.15, 0.2) is 34.5 Å². The highest BCUT2D eigenvalue weighted by Crippen LogP contribution is 2.25. The van der Waals surface area contributed by atoms with E-state index in [0.717, 1.165) is 10.4 Å². The van der Waals surface area contributed by atoms with Crippen LogP contribution in [0.25, 0.3) is 0 Å². The van der Waals surface area contributed by atoms with Gasteiger partial charge in [-0.1, -0.05) is 24.4 Å². The van der Waals surface area contributed by atoms with Crippen molar-refractivity contribution in [3.05, 3.63) is 46.3 Å². The largest absolute Gasteiger partial charge is 0.389 e. The summed E-state index contributed by atoms with van der Waals surface area (Å²) in [4.78, 5) is 1.18. The van der Waals surface area contributed by atoms with E-state index >= 15 is 0 Å². The summed E-state index contributed by atoms with van der Waals surface area (Å²) in [5, 5.41) is 0. The SMILES string of the molecule is Cc1ccc(S(=O)(=O)Nc2cc(C(N)=S)ccc2C)s1. The lowest BCUT2D eigenvalue weighted by Gasteiger charge is -2.11. The zero-order chi connectivity index (χ0) is 14.9. The summed E-state index contributed by atoms with van der Waals surface area (Å²) in [5.74, 6) is 0. The molecule has 1 heterocycles. The number of nitrogens with one attached hydrogen (secondary N) is 1. The van der Waals surface area contributed by atoms with Crippen LogP contribution in [0.2, 0.25) is 0 Å². The van der Waals surface area contributed by atoms with Gasteiger partial charge < -0.3 is 5.73 Å². The minimum absolute atomic E-state index is 0.234. The average Bonchev–Trinajstić information content (AvgIpc) is 2.79. The van der Waals surface area contributed by atoms with Gasteiger partial charge in [0.2, 0.25) is 0 Å². The Morgan fingerprint density at radius 1 is 1.25 bits per heavy atom. The van der Waals surface area contributed by atoms with Crippen LogP contribution in [0, 0.1) is 13.8 Å². The molecule has 0 aliphatic carbocycles.